The van der Waals surface area contributed by atoms with Crippen LogP contribution in [0.4, 0.5) is 0 Å². The average molecular weight is 323 g/mol. The summed E-state index contributed by atoms with van der Waals surface area (Å²) in [7, 11) is 0. The minimum Gasteiger partial charge on any atom is -0.390 e. The van der Waals surface area contributed by atoms with Crippen molar-refractivity contribution >= 4 is 12.2 Å². The highest BCUT2D eigenvalue weighted by Crippen LogP contribution is 2.28. The van der Waals surface area contributed by atoms with Gasteiger partial charge in [-0.2, -0.15) is 0 Å². The van der Waals surface area contributed by atoms with Crippen LogP contribution in [0.1, 0.15) is 47.0 Å². The predicted octanol–water partition coefficient (Wildman–Crippen LogP) is 2.15. The molecule has 1 saturated heterocycles. The van der Waals surface area contributed by atoms with Crippen molar-refractivity contribution in [2.24, 2.45) is 5.92 Å². The number of ether oxygens (including phenoxy) is 1. The first-order chi connectivity index (χ1) is 10.8. The Balaban J connectivity index is 2.54. The van der Waals surface area contributed by atoms with E-state index in [1.807, 2.05) is 13.8 Å². The molecule has 1 heterocycles. The van der Waals surface area contributed by atoms with Gasteiger partial charge in [-0.3, -0.25) is 9.59 Å². The first-order valence-corrected chi connectivity index (χ1v) is 8.22. The lowest BCUT2D eigenvalue weighted by atomic mass is 9.88. The lowest BCUT2D eigenvalue weighted by Crippen LogP contribution is -2.48. The summed E-state index contributed by atoms with van der Waals surface area (Å²) in [6.07, 6.45) is 6.05. The molecule has 0 saturated carbocycles. The lowest BCUT2D eigenvalue weighted by Gasteiger charge is -2.38. The van der Waals surface area contributed by atoms with Gasteiger partial charge >= 0.3 is 0 Å². The Morgan fingerprint density at radius 1 is 1.26 bits per heavy atom. The number of carbonyl (C=O) groups excluding carboxylic acids is 2. The van der Waals surface area contributed by atoms with E-state index in [0.717, 1.165) is 30.3 Å². The van der Waals surface area contributed by atoms with Crippen molar-refractivity contribution in [3.63, 3.8) is 0 Å². The molecule has 1 amide bonds. The summed E-state index contributed by atoms with van der Waals surface area (Å²) < 4.78 is 5.99. The van der Waals surface area contributed by atoms with Crippen molar-refractivity contribution in [3.05, 3.63) is 23.3 Å². The van der Waals surface area contributed by atoms with E-state index in [2.05, 4.69) is 18.3 Å². The molecule has 1 aliphatic heterocycles. The van der Waals surface area contributed by atoms with Crippen molar-refractivity contribution < 1.29 is 19.4 Å². The molecule has 5 heteroatoms. The maximum absolute atomic E-state index is 11.0. The molecule has 130 valence electrons. The normalized spacial score (nSPS) is 29.3. The molecule has 4 atom stereocenters. The second kappa shape index (κ2) is 9.63. The standard InChI is InChI=1S/C18H29NO4/c1-12(13(2)8-9-20)6-5-7-17-14(3)10-16(22)18(23-17)11-19-15(4)21/h6,8-9,14,16-18,22H,5,7,10-11H2,1-4H3,(H,19,21)/b12-6+,13-8+/t14-,16-,17-,18+/m1/s1. The Morgan fingerprint density at radius 2 is 1.96 bits per heavy atom. The van der Waals surface area contributed by atoms with Gasteiger partial charge in [0.25, 0.3) is 0 Å². The summed E-state index contributed by atoms with van der Waals surface area (Å²) in [5.41, 5.74) is 2.06. The van der Waals surface area contributed by atoms with Gasteiger partial charge in [0, 0.05) is 13.5 Å². The van der Waals surface area contributed by atoms with Crippen LogP contribution in [0.2, 0.25) is 0 Å². The number of aldehydes is 1. The molecule has 2 N–H and O–H groups in total. The molecule has 23 heavy (non-hydrogen) atoms. The fourth-order valence-electron chi connectivity index (χ4n) is 2.77. The highest BCUT2D eigenvalue weighted by atomic mass is 16.5. The maximum atomic E-state index is 11.0. The van der Waals surface area contributed by atoms with E-state index in [1.165, 1.54) is 6.92 Å². The van der Waals surface area contributed by atoms with E-state index in [1.54, 1.807) is 6.08 Å². The van der Waals surface area contributed by atoms with Gasteiger partial charge in [-0.25, -0.2) is 0 Å². The molecule has 0 aliphatic carbocycles. The molecule has 0 aromatic carbocycles. The van der Waals surface area contributed by atoms with Crippen LogP contribution in [0.5, 0.6) is 0 Å². The molecule has 0 spiro atoms. The summed E-state index contributed by atoms with van der Waals surface area (Å²) in [6, 6.07) is 0. The second-order valence-corrected chi connectivity index (χ2v) is 6.38. The molecule has 1 aliphatic rings. The predicted molar refractivity (Wildman–Crippen MR) is 89.9 cm³/mol. The van der Waals surface area contributed by atoms with Gasteiger partial charge in [-0.15, -0.1) is 0 Å². The van der Waals surface area contributed by atoms with Crippen LogP contribution in [-0.4, -0.2) is 42.2 Å². The Hall–Kier alpha value is -1.46. The van der Waals surface area contributed by atoms with Crippen molar-refractivity contribution in [2.45, 2.75) is 65.3 Å². The molecule has 5 nitrogen and oxygen atoms in total. The van der Waals surface area contributed by atoms with Crippen LogP contribution in [0.15, 0.2) is 23.3 Å². The Morgan fingerprint density at radius 3 is 2.57 bits per heavy atom. The first-order valence-electron chi connectivity index (χ1n) is 8.22. The lowest BCUT2D eigenvalue weighted by molar-refractivity contribution is -0.144. The number of hydrogen-bond acceptors (Lipinski definition) is 4. The van der Waals surface area contributed by atoms with Gasteiger partial charge in [0.1, 0.15) is 12.4 Å². The summed E-state index contributed by atoms with van der Waals surface area (Å²) in [5.74, 6) is 0.158. The van der Waals surface area contributed by atoms with Crippen LogP contribution in [-0.2, 0) is 14.3 Å². The zero-order chi connectivity index (χ0) is 17.4. The maximum Gasteiger partial charge on any atom is 0.216 e. The molecule has 0 unspecified atom stereocenters. The molecular weight excluding hydrogens is 294 g/mol. The number of hydrogen-bond donors (Lipinski definition) is 2. The van der Waals surface area contributed by atoms with Gasteiger partial charge in [0.15, 0.2) is 0 Å². The van der Waals surface area contributed by atoms with Crippen LogP contribution in [0.25, 0.3) is 0 Å². The number of aliphatic hydroxyl groups excluding tert-OH is 1. The van der Waals surface area contributed by atoms with E-state index in [4.69, 9.17) is 4.74 Å². The molecule has 1 rings (SSSR count). The van der Waals surface area contributed by atoms with Crippen molar-refractivity contribution in [3.8, 4) is 0 Å². The fraction of sp³-hybridized carbons (Fsp3) is 0.667. The van der Waals surface area contributed by atoms with E-state index in [-0.39, 0.29) is 24.0 Å². The van der Waals surface area contributed by atoms with Crippen molar-refractivity contribution in [1.82, 2.24) is 5.32 Å². The molecule has 0 aromatic rings. The smallest absolute Gasteiger partial charge is 0.216 e. The highest BCUT2D eigenvalue weighted by Gasteiger charge is 2.34. The van der Waals surface area contributed by atoms with Gasteiger partial charge in [0.05, 0.1) is 12.2 Å². The topological polar surface area (TPSA) is 75.6 Å². The number of nitrogens with one attached hydrogen (secondary N) is 1. The van der Waals surface area contributed by atoms with Crippen LogP contribution in [0, 0.1) is 5.92 Å². The second-order valence-electron chi connectivity index (χ2n) is 6.38. The van der Waals surface area contributed by atoms with Crippen LogP contribution < -0.4 is 5.32 Å². The summed E-state index contributed by atoms with van der Waals surface area (Å²) in [6.45, 7) is 7.79. The summed E-state index contributed by atoms with van der Waals surface area (Å²) in [4.78, 5) is 21.5. The van der Waals surface area contributed by atoms with Crippen LogP contribution in [0.3, 0.4) is 0 Å². The number of amides is 1. The molecule has 0 aromatic heterocycles. The van der Waals surface area contributed by atoms with Crippen molar-refractivity contribution in [1.29, 1.82) is 0 Å². The van der Waals surface area contributed by atoms with E-state index >= 15 is 0 Å². The minimum atomic E-state index is -0.539. The number of aliphatic hydroxyl groups is 1. The SMILES string of the molecule is CC(=O)NC[C@@H]1O[C@H](CC/C=C(C)/C(C)=C/C=O)[C@H](C)C[C@H]1O. The van der Waals surface area contributed by atoms with E-state index in [0.29, 0.717) is 13.0 Å². The fourth-order valence-corrected chi connectivity index (χ4v) is 2.77. The molecule has 1 fully saturated rings. The zero-order valence-electron chi connectivity index (χ0n) is 14.5. The Bertz CT molecular complexity index is 470. The Kier molecular flexibility index (Phi) is 8.20. The van der Waals surface area contributed by atoms with Crippen LogP contribution >= 0.6 is 0 Å². The van der Waals surface area contributed by atoms with E-state index < -0.39 is 6.10 Å². The third-order valence-corrected chi connectivity index (χ3v) is 4.42. The molecule has 0 radical (unpaired) electrons. The van der Waals surface area contributed by atoms with Gasteiger partial charge in [0.2, 0.25) is 5.91 Å². The van der Waals surface area contributed by atoms with Gasteiger partial charge in [-0.05, 0) is 50.7 Å². The highest BCUT2D eigenvalue weighted by molar-refractivity contribution is 5.72. The van der Waals surface area contributed by atoms with Crippen molar-refractivity contribution in [2.75, 3.05) is 6.54 Å². The largest absolute Gasteiger partial charge is 0.390 e. The minimum absolute atomic E-state index is 0.0663. The Labute approximate surface area is 138 Å². The third kappa shape index (κ3) is 6.67. The quantitative estimate of drug-likeness (QED) is 0.428. The van der Waals surface area contributed by atoms with Gasteiger partial charge < -0.3 is 15.2 Å². The number of rotatable bonds is 7. The monoisotopic (exact) mass is 323 g/mol. The van der Waals surface area contributed by atoms with Gasteiger partial charge in [-0.1, -0.05) is 18.6 Å². The summed E-state index contributed by atoms with van der Waals surface area (Å²) in [5, 5.41) is 12.8. The zero-order valence-corrected chi connectivity index (χ0v) is 14.5. The number of carbonyl (C=O) groups is 2. The first kappa shape index (κ1) is 19.6. The molecule has 0 bridgehead atoms. The average Bonchev–Trinajstić information content (AvgIpc) is 2.48. The van der Waals surface area contributed by atoms with E-state index in [9.17, 15) is 14.7 Å². The summed E-state index contributed by atoms with van der Waals surface area (Å²) >= 11 is 0. The molecular formula is C18H29NO4. The number of allylic oxidation sites excluding steroid dienone is 4. The third-order valence-electron chi connectivity index (χ3n) is 4.42.